The number of nitrogens with one attached hydrogen (secondary N) is 1. The minimum Gasteiger partial charge on any atom is -0.399 e. The molecule has 0 saturated heterocycles. The number of benzene rings is 1. The second-order valence-electron chi connectivity index (χ2n) is 4.67. The fourth-order valence-electron chi connectivity index (χ4n) is 2.24. The number of hydrogen-bond acceptors (Lipinski definition) is 3. The van der Waals surface area contributed by atoms with E-state index in [2.05, 4.69) is 5.32 Å². The first-order valence-corrected chi connectivity index (χ1v) is 6.49. The number of aliphatic hydroxyl groups is 1. The smallest absolute Gasteiger partial charge is 0.253 e. The van der Waals surface area contributed by atoms with E-state index in [9.17, 15) is 9.90 Å². The SMILES string of the molecule is Nc1ccc(C(=O)N[C@H]2CCCC[C@@H]2O)c(Cl)c1. The van der Waals surface area contributed by atoms with Crippen molar-refractivity contribution in [1.29, 1.82) is 0 Å². The molecule has 0 unspecified atom stereocenters. The summed E-state index contributed by atoms with van der Waals surface area (Å²) in [7, 11) is 0. The zero-order valence-corrected chi connectivity index (χ0v) is 10.8. The predicted molar refractivity (Wildman–Crippen MR) is 71.6 cm³/mol. The van der Waals surface area contributed by atoms with Crippen molar-refractivity contribution in [3.63, 3.8) is 0 Å². The van der Waals surface area contributed by atoms with Crippen LogP contribution < -0.4 is 11.1 Å². The molecule has 5 heteroatoms. The zero-order valence-electron chi connectivity index (χ0n) is 10.0. The van der Waals surface area contributed by atoms with Gasteiger partial charge in [0.1, 0.15) is 0 Å². The van der Waals surface area contributed by atoms with Crippen LogP contribution in [0.2, 0.25) is 5.02 Å². The van der Waals surface area contributed by atoms with Crippen LogP contribution in [0.4, 0.5) is 5.69 Å². The Morgan fingerprint density at radius 3 is 2.78 bits per heavy atom. The minimum absolute atomic E-state index is 0.181. The molecule has 1 aliphatic rings. The lowest BCUT2D eigenvalue weighted by Crippen LogP contribution is -2.45. The molecule has 4 N–H and O–H groups in total. The molecule has 0 spiro atoms. The first-order chi connectivity index (χ1) is 8.58. The van der Waals surface area contributed by atoms with Gasteiger partial charge in [-0.05, 0) is 31.0 Å². The lowest BCUT2D eigenvalue weighted by molar-refractivity contribution is 0.0717. The summed E-state index contributed by atoms with van der Waals surface area (Å²) in [4.78, 5) is 12.0. The third-order valence-corrected chi connectivity index (χ3v) is 3.60. The second kappa shape index (κ2) is 5.59. The van der Waals surface area contributed by atoms with E-state index >= 15 is 0 Å². The molecule has 1 aromatic rings. The number of hydrogen-bond donors (Lipinski definition) is 3. The third-order valence-electron chi connectivity index (χ3n) is 3.28. The highest BCUT2D eigenvalue weighted by Gasteiger charge is 2.25. The number of carbonyl (C=O) groups is 1. The van der Waals surface area contributed by atoms with Crippen LogP contribution in [0.15, 0.2) is 18.2 Å². The summed E-state index contributed by atoms with van der Waals surface area (Å²) in [6.07, 6.45) is 3.11. The van der Waals surface area contributed by atoms with E-state index in [1.165, 1.54) is 0 Å². The van der Waals surface area contributed by atoms with Gasteiger partial charge in [-0.1, -0.05) is 24.4 Å². The quantitative estimate of drug-likeness (QED) is 0.718. The normalized spacial score (nSPS) is 23.7. The van der Waals surface area contributed by atoms with Crippen LogP contribution in [-0.4, -0.2) is 23.2 Å². The molecular weight excluding hydrogens is 252 g/mol. The van der Waals surface area contributed by atoms with Gasteiger partial charge >= 0.3 is 0 Å². The monoisotopic (exact) mass is 268 g/mol. The molecule has 1 amide bonds. The van der Waals surface area contributed by atoms with Crippen LogP contribution in [0.1, 0.15) is 36.0 Å². The Morgan fingerprint density at radius 1 is 1.39 bits per heavy atom. The van der Waals surface area contributed by atoms with Crippen molar-refractivity contribution in [3.05, 3.63) is 28.8 Å². The van der Waals surface area contributed by atoms with Gasteiger partial charge in [-0.25, -0.2) is 0 Å². The van der Waals surface area contributed by atoms with Crippen LogP contribution in [-0.2, 0) is 0 Å². The first-order valence-electron chi connectivity index (χ1n) is 6.12. The summed E-state index contributed by atoms with van der Waals surface area (Å²) in [5.41, 5.74) is 6.49. The van der Waals surface area contributed by atoms with Crippen molar-refractivity contribution in [3.8, 4) is 0 Å². The number of carbonyl (C=O) groups excluding carboxylic acids is 1. The Hall–Kier alpha value is -1.26. The van der Waals surface area contributed by atoms with E-state index < -0.39 is 6.10 Å². The number of aliphatic hydroxyl groups excluding tert-OH is 1. The molecule has 0 aromatic heterocycles. The number of rotatable bonds is 2. The van der Waals surface area contributed by atoms with Crippen molar-refractivity contribution < 1.29 is 9.90 Å². The lowest BCUT2D eigenvalue weighted by atomic mass is 9.92. The number of amides is 1. The Kier molecular flexibility index (Phi) is 4.09. The molecule has 1 aliphatic carbocycles. The maximum Gasteiger partial charge on any atom is 0.253 e. The average Bonchev–Trinajstić information content (AvgIpc) is 2.32. The van der Waals surface area contributed by atoms with Gasteiger partial charge in [0.15, 0.2) is 0 Å². The topological polar surface area (TPSA) is 75.4 Å². The van der Waals surface area contributed by atoms with Crippen LogP contribution >= 0.6 is 11.6 Å². The molecule has 98 valence electrons. The van der Waals surface area contributed by atoms with Gasteiger partial charge in [0.05, 0.1) is 22.7 Å². The summed E-state index contributed by atoms with van der Waals surface area (Å²) in [5, 5.41) is 13.0. The van der Waals surface area contributed by atoms with Gasteiger partial charge in [-0.15, -0.1) is 0 Å². The Labute approximate surface area is 111 Å². The van der Waals surface area contributed by atoms with E-state index in [0.717, 1.165) is 25.7 Å². The van der Waals surface area contributed by atoms with Gasteiger partial charge in [-0.3, -0.25) is 4.79 Å². The standard InChI is InChI=1S/C13H17ClN2O2/c14-10-7-8(15)5-6-9(10)13(18)16-11-3-1-2-4-12(11)17/h5-7,11-12,17H,1-4,15H2,(H,16,18)/t11-,12-/m0/s1. The van der Waals surface area contributed by atoms with Gasteiger partial charge in [0, 0.05) is 5.69 Å². The van der Waals surface area contributed by atoms with Crippen molar-refractivity contribution >= 4 is 23.2 Å². The van der Waals surface area contributed by atoms with E-state index in [1.807, 2.05) is 0 Å². The Balaban J connectivity index is 2.07. The van der Waals surface area contributed by atoms with Crippen LogP contribution in [0.25, 0.3) is 0 Å². The maximum atomic E-state index is 12.0. The summed E-state index contributed by atoms with van der Waals surface area (Å²) in [6.45, 7) is 0. The molecule has 1 aromatic carbocycles. The van der Waals surface area contributed by atoms with Crippen LogP contribution in [0, 0.1) is 0 Å². The van der Waals surface area contributed by atoms with E-state index in [1.54, 1.807) is 18.2 Å². The highest BCUT2D eigenvalue weighted by Crippen LogP contribution is 2.22. The minimum atomic E-state index is -0.463. The van der Waals surface area contributed by atoms with Gasteiger partial charge < -0.3 is 16.2 Å². The van der Waals surface area contributed by atoms with Gasteiger partial charge in [0.2, 0.25) is 0 Å². The van der Waals surface area contributed by atoms with Crippen LogP contribution in [0.3, 0.4) is 0 Å². The van der Waals surface area contributed by atoms with Crippen molar-refractivity contribution in [1.82, 2.24) is 5.32 Å². The van der Waals surface area contributed by atoms with Crippen molar-refractivity contribution in [2.24, 2.45) is 0 Å². The third kappa shape index (κ3) is 2.94. The lowest BCUT2D eigenvalue weighted by Gasteiger charge is -2.28. The highest BCUT2D eigenvalue weighted by atomic mass is 35.5. The van der Waals surface area contributed by atoms with Gasteiger partial charge in [0.25, 0.3) is 5.91 Å². The van der Waals surface area contributed by atoms with Gasteiger partial charge in [-0.2, -0.15) is 0 Å². The molecule has 0 aliphatic heterocycles. The molecule has 4 nitrogen and oxygen atoms in total. The highest BCUT2D eigenvalue weighted by molar-refractivity contribution is 6.34. The molecule has 2 atom stereocenters. The van der Waals surface area contributed by atoms with Crippen molar-refractivity contribution in [2.75, 3.05) is 5.73 Å². The van der Waals surface area contributed by atoms with E-state index in [4.69, 9.17) is 17.3 Å². The number of nitrogens with two attached hydrogens (primary N) is 1. The number of nitrogen functional groups attached to an aromatic ring is 1. The Morgan fingerprint density at radius 2 is 2.11 bits per heavy atom. The largest absolute Gasteiger partial charge is 0.399 e. The predicted octanol–water partition coefficient (Wildman–Crippen LogP) is 1.96. The van der Waals surface area contributed by atoms with Crippen molar-refractivity contribution in [2.45, 2.75) is 37.8 Å². The van der Waals surface area contributed by atoms with E-state index in [-0.39, 0.29) is 11.9 Å². The fourth-order valence-corrected chi connectivity index (χ4v) is 2.52. The number of anilines is 1. The molecule has 1 saturated carbocycles. The summed E-state index contributed by atoms with van der Waals surface area (Å²) < 4.78 is 0. The Bertz CT molecular complexity index is 451. The molecule has 1 fully saturated rings. The summed E-state index contributed by atoms with van der Waals surface area (Å²) in [6, 6.07) is 4.61. The molecule has 0 radical (unpaired) electrons. The number of halogens is 1. The molecule has 0 bridgehead atoms. The van der Waals surface area contributed by atoms with E-state index in [0.29, 0.717) is 16.3 Å². The molecular formula is C13H17ClN2O2. The average molecular weight is 269 g/mol. The van der Waals surface area contributed by atoms with Crippen LogP contribution in [0.5, 0.6) is 0 Å². The molecule has 18 heavy (non-hydrogen) atoms. The molecule has 2 rings (SSSR count). The summed E-state index contributed by atoms with van der Waals surface area (Å²) in [5.74, 6) is -0.258. The first kappa shape index (κ1) is 13.2. The second-order valence-corrected chi connectivity index (χ2v) is 5.08. The summed E-state index contributed by atoms with van der Waals surface area (Å²) >= 11 is 5.98. The molecule has 0 heterocycles. The zero-order chi connectivity index (χ0) is 13.1. The fraction of sp³-hybridized carbons (Fsp3) is 0.462. The maximum absolute atomic E-state index is 12.0.